The SMILES string of the molecule is NO[NH+]([O-])c1ccccc1. The molecule has 0 amide bonds. The second kappa shape index (κ2) is 3.28. The number of quaternary nitrogens is 1. The zero-order valence-corrected chi connectivity index (χ0v) is 5.28. The van der Waals surface area contributed by atoms with Crippen LogP contribution in [0.25, 0.3) is 0 Å². The molecule has 0 bridgehead atoms. The first-order valence-corrected chi connectivity index (χ1v) is 2.80. The molecular weight excluding hydrogens is 132 g/mol. The Labute approximate surface area is 58.3 Å². The Hall–Kier alpha value is -0.940. The van der Waals surface area contributed by atoms with Gasteiger partial charge in [-0.05, 0) is 0 Å². The highest BCUT2D eigenvalue weighted by Crippen LogP contribution is 1.96. The normalized spacial score (nSPS) is 13.0. The zero-order chi connectivity index (χ0) is 7.40. The van der Waals surface area contributed by atoms with Gasteiger partial charge in [-0.25, -0.2) is 0 Å². The largest absolute Gasteiger partial charge is 0.593 e. The van der Waals surface area contributed by atoms with Gasteiger partial charge in [-0.15, -0.1) is 4.94 Å². The van der Waals surface area contributed by atoms with Gasteiger partial charge in [0.25, 0.3) is 0 Å². The van der Waals surface area contributed by atoms with Crippen LogP contribution in [0.3, 0.4) is 0 Å². The minimum Gasteiger partial charge on any atom is -0.593 e. The Morgan fingerprint density at radius 3 is 2.40 bits per heavy atom. The third-order valence-corrected chi connectivity index (χ3v) is 1.12. The lowest BCUT2D eigenvalue weighted by molar-refractivity contribution is -1.00. The van der Waals surface area contributed by atoms with Crippen molar-refractivity contribution in [3.05, 3.63) is 35.5 Å². The molecule has 1 atom stereocenters. The van der Waals surface area contributed by atoms with Crippen LogP contribution in [0, 0.1) is 5.21 Å². The van der Waals surface area contributed by atoms with Crippen molar-refractivity contribution in [1.82, 2.24) is 0 Å². The van der Waals surface area contributed by atoms with E-state index >= 15 is 0 Å². The summed E-state index contributed by atoms with van der Waals surface area (Å²) in [7, 11) is 0. The molecule has 4 heteroatoms. The smallest absolute Gasteiger partial charge is 0.165 e. The van der Waals surface area contributed by atoms with Crippen LogP contribution in [0.4, 0.5) is 5.69 Å². The molecule has 1 aromatic carbocycles. The molecule has 54 valence electrons. The van der Waals surface area contributed by atoms with Crippen molar-refractivity contribution in [2.45, 2.75) is 0 Å². The monoisotopic (exact) mass is 140 g/mol. The van der Waals surface area contributed by atoms with E-state index in [-0.39, 0.29) is 0 Å². The van der Waals surface area contributed by atoms with Crippen molar-refractivity contribution < 1.29 is 10.2 Å². The minimum absolute atomic E-state index is 0.463. The molecule has 1 aromatic rings. The van der Waals surface area contributed by atoms with Crippen LogP contribution >= 0.6 is 0 Å². The van der Waals surface area contributed by atoms with Crippen molar-refractivity contribution >= 4 is 5.69 Å². The number of rotatable bonds is 2. The maximum absolute atomic E-state index is 10.7. The van der Waals surface area contributed by atoms with Crippen molar-refractivity contribution in [2.75, 3.05) is 0 Å². The molecule has 0 radical (unpaired) electrons. The standard InChI is InChI=1S/C6H8N2O2/c7-10-8(9)6-4-2-1-3-5-6/h1-5,8H,7H2. The summed E-state index contributed by atoms with van der Waals surface area (Å²) in [6.45, 7) is 0. The number of nitrogens with one attached hydrogen (secondary N) is 1. The number of hydrogen-bond donors (Lipinski definition) is 2. The van der Waals surface area contributed by atoms with Gasteiger partial charge in [0.15, 0.2) is 5.69 Å². The van der Waals surface area contributed by atoms with Crippen molar-refractivity contribution in [3.63, 3.8) is 0 Å². The van der Waals surface area contributed by atoms with Gasteiger partial charge in [-0.2, -0.15) is 11.1 Å². The highest BCUT2D eigenvalue weighted by molar-refractivity contribution is 5.27. The summed E-state index contributed by atoms with van der Waals surface area (Å²) in [5, 5.41) is 10.2. The molecular formula is C6H8N2O2. The van der Waals surface area contributed by atoms with Gasteiger partial charge in [0, 0.05) is 12.1 Å². The molecule has 3 N–H and O–H groups in total. The summed E-state index contributed by atoms with van der Waals surface area (Å²) in [5.41, 5.74) is 0.463. The quantitative estimate of drug-likeness (QED) is 0.545. The fraction of sp³-hybridized carbons (Fsp3) is 0. The summed E-state index contributed by atoms with van der Waals surface area (Å²) < 4.78 is 0. The average molecular weight is 140 g/mol. The Bertz CT molecular complexity index is 190. The van der Waals surface area contributed by atoms with Crippen LogP contribution in [0.15, 0.2) is 30.3 Å². The molecule has 10 heavy (non-hydrogen) atoms. The highest BCUT2D eigenvalue weighted by Gasteiger charge is 1.97. The molecule has 0 aliphatic carbocycles. The molecule has 0 aliphatic heterocycles. The van der Waals surface area contributed by atoms with Crippen molar-refractivity contribution in [3.8, 4) is 0 Å². The maximum atomic E-state index is 10.7. The van der Waals surface area contributed by atoms with E-state index in [9.17, 15) is 5.21 Å². The van der Waals surface area contributed by atoms with Crippen LogP contribution in [-0.4, -0.2) is 0 Å². The summed E-state index contributed by atoms with van der Waals surface area (Å²) in [6, 6.07) is 8.57. The Morgan fingerprint density at radius 2 is 1.90 bits per heavy atom. The van der Waals surface area contributed by atoms with E-state index in [1.165, 1.54) is 0 Å². The molecule has 0 aromatic heterocycles. The van der Waals surface area contributed by atoms with Gasteiger partial charge in [0.2, 0.25) is 0 Å². The predicted octanol–water partition coefficient (Wildman–Crippen LogP) is -0.494. The molecule has 0 saturated carbocycles. The van der Waals surface area contributed by atoms with E-state index in [2.05, 4.69) is 10.8 Å². The van der Waals surface area contributed by atoms with Gasteiger partial charge >= 0.3 is 0 Å². The summed E-state index contributed by atoms with van der Waals surface area (Å²) in [5.74, 6) is 4.65. The first-order valence-electron chi connectivity index (χ1n) is 2.80. The van der Waals surface area contributed by atoms with Crippen LogP contribution in [0.5, 0.6) is 0 Å². The van der Waals surface area contributed by atoms with Crippen molar-refractivity contribution in [2.24, 2.45) is 5.90 Å². The fourth-order valence-corrected chi connectivity index (χ4v) is 0.642. The lowest BCUT2D eigenvalue weighted by Gasteiger charge is -2.14. The van der Waals surface area contributed by atoms with Gasteiger partial charge in [0.1, 0.15) is 0 Å². The van der Waals surface area contributed by atoms with Gasteiger partial charge in [0.05, 0.1) is 0 Å². The molecule has 0 aliphatic rings. The lowest BCUT2D eigenvalue weighted by Crippen LogP contribution is -3.02. The van der Waals surface area contributed by atoms with Crippen molar-refractivity contribution in [1.29, 1.82) is 0 Å². The fourth-order valence-electron chi connectivity index (χ4n) is 0.642. The topological polar surface area (TPSA) is 62.8 Å². The summed E-state index contributed by atoms with van der Waals surface area (Å²) >= 11 is 0. The Kier molecular flexibility index (Phi) is 2.35. The van der Waals surface area contributed by atoms with E-state index < -0.39 is 5.23 Å². The lowest BCUT2D eigenvalue weighted by atomic mass is 10.3. The number of hydrogen-bond acceptors (Lipinski definition) is 3. The van der Waals surface area contributed by atoms with Crippen LogP contribution in [-0.2, 0) is 4.94 Å². The summed E-state index contributed by atoms with van der Waals surface area (Å²) in [6.07, 6.45) is 0. The first kappa shape index (κ1) is 7.17. The van der Waals surface area contributed by atoms with E-state index in [1.54, 1.807) is 24.3 Å². The third kappa shape index (κ3) is 1.52. The van der Waals surface area contributed by atoms with Crippen LogP contribution in [0.1, 0.15) is 0 Å². The van der Waals surface area contributed by atoms with Gasteiger partial charge in [-0.3, -0.25) is 0 Å². The van der Waals surface area contributed by atoms with Crippen LogP contribution < -0.4 is 11.1 Å². The Balaban J connectivity index is 2.75. The predicted molar refractivity (Wildman–Crippen MR) is 35.7 cm³/mol. The second-order valence-corrected chi connectivity index (χ2v) is 1.77. The molecule has 0 heterocycles. The highest BCUT2D eigenvalue weighted by atomic mass is 16.9. The molecule has 0 fully saturated rings. The van der Waals surface area contributed by atoms with E-state index in [0.29, 0.717) is 5.69 Å². The van der Waals surface area contributed by atoms with E-state index in [0.717, 1.165) is 0 Å². The zero-order valence-electron chi connectivity index (χ0n) is 5.28. The van der Waals surface area contributed by atoms with Gasteiger partial charge in [-0.1, -0.05) is 18.2 Å². The van der Waals surface area contributed by atoms with Crippen LogP contribution in [0.2, 0.25) is 0 Å². The third-order valence-electron chi connectivity index (χ3n) is 1.12. The van der Waals surface area contributed by atoms with E-state index in [1.807, 2.05) is 6.07 Å². The minimum atomic E-state index is -0.513. The number of nitrogens with two attached hydrogens (primary N) is 1. The molecule has 1 unspecified atom stereocenters. The second-order valence-electron chi connectivity index (χ2n) is 1.77. The first-order chi connectivity index (χ1) is 4.84. The van der Waals surface area contributed by atoms with Gasteiger partial charge < -0.3 is 5.21 Å². The number of benzene rings is 1. The molecule has 1 rings (SSSR count). The molecule has 0 spiro atoms. The Morgan fingerprint density at radius 1 is 1.30 bits per heavy atom. The van der Waals surface area contributed by atoms with E-state index in [4.69, 9.17) is 0 Å². The molecule has 4 nitrogen and oxygen atoms in total. The molecule has 0 saturated heterocycles. The average Bonchev–Trinajstić information content (AvgIpc) is 2.05. The maximum Gasteiger partial charge on any atom is 0.165 e. The summed E-state index contributed by atoms with van der Waals surface area (Å²) in [4.78, 5) is 4.00.